The number of rotatable bonds is 10. The number of thiazole rings is 1. The van der Waals surface area contributed by atoms with Crippen molar-refractivity contribution in [3.8, 4) is 17.2 Å². The summed E-state index contributed by atoms with van der Waals surface area (Å²) in [4.78, 5) is 32.6. The van der Waals surface area contributed by atoms with Crippen LogP contribution in [0, 0.1) is 0 Å². The maximum absolute atomic E-state index is 14.2. The van der Waals surface area contributed by atoms with Gasteiger partial charge in [-0.3, -0.25) is 9.36 Å². The van der Waals surface area contributed by atoms with Gasteiger partial charge < -0.3 is 18.9 Å². The quantitative estimate of drug-likeness (QED) is 0.205. The number of aromatic nitrogens is 1. The molecule has 228 valence electrons. The molecule has 1 atom stereocenters. The number of carbonyl (C=O) groups is 1. The van der Waals surface area contributed by atoms with Gasteiger partial charge >= 0.3 is 5.97 Å². The van der Waals surface area contributed by atoms with E-state index in [-0.39, 0.29) is 23.8 Å². The zero-order chi connectivity index (χ0) is 31.4. The smallest absolute Gasteiger partial charge is 0.338 e. The van der Waals surface area contributed by atoms with Crippen LogP contribution in [0.2, 0.25) is 5.02 Å². The van der Waals surface area contributed by atoms with E-state index in [0.717, 1.165) is 5.56 Å². The normalized spacial score (nSPS) is 14.7. The van der Waals surface area contributed by atoms with E-state index >= 15 is 0 Å². The highest BCUT2D eigenvalue weighted by Crippen LogP contribution is 2.36. The predicted octanol–water partition coefficient (Wildman–Crippen LogP) is 5.83. The molecule has 0 N–H and O–H groups in total. The summed E-state index contributed by atoms with van der Waals surface area (Å²) in [5.41, 5.74) is 2.74. The van der Waals surface area contributed by atoms with Crippen LogP contribution in [0.3, 0.4) is 0 Å². The maximum Gasteiger partial charge on any atom is 0.338 e. The zero-order valence-electron chi connectivity index (χ0n) is 25.1. The second kappa shape index (κ2) is 13.5. The third-order valence-corrected chi connectivity index (χ3v) is 8.10. The van der Waals surface area contributed by atoms with Crippen LogP contribution in [-0.2, 0) is 16.1 Å². The van der Waals surface area contributed by atoms with E-state index in [1.54, 1.807) is 57.4 Å². The lowest BCUT2D eigenvalue weighted by molar-refractivity contribution is -0.139. The fraction of sp³-hybridized carbons (Fsp3) is 0.265. The number of allylic oxidation sites excluding steroid dienone is 1. The van der Waals surface area contributed by atoms with Crippen molar-refractivity contribution in [2.75, 3.05) is 13.7 Å². The summed E-state index contributed by atoms with van der Waals surface area (Å²) in [7, 11) is 1.55. The van der Waals surface area contributed by atoms with E-state index in [4.69, 9.17) is 30.5 Å². The van der Waals surface area contributed by atoms with Gasteiger partial charge in [-0.05, 0) is 75.2 Å². The summed E-state index contributed by atoms with van der Waals surface area (Å²) in [5.74, 6) is 1.08. The Hall–Kier alpha value is -4.34. The molecule has 0 aliphatic carbocycles. The molecule has 0 amide bonds. The van der Waals surface area contributed by atoms with Crippen LogP contribution < -0.4 is 29.1 Å². The Kier molecular flexibility index (Phi) is 9.56. The molecule has 0 saturated heterocycles. The molecular formula is C34H33ClN2O6S. The van der Waals surface area contributed by atoms with Gasteiger partial charge in [0.2, 0.25) is 0 Å². The molecule has 44 heavy (non-hydrogen) atoms. The number of methoxy groups -OCH3 is 1. The van der Waals surface area contributed by atoms with Crippen molar-refractivity contribution in [3.05, 3.63) is 119 Å². The lowest BCUT2D eigenvalue weighted by Crippen LogP contribution is -2.40. The molecular weight excluding hydrogens is 600 g/mol. The van der Waals surface area contributed by atoms with Gasteiger partial charge in [0.25, 0.3) is 5.56 Å². The van der Waals surface area contributed by atoms with Gasteiger partial charge in [0.1, 0.15) is 12.4 Å². The Morgan fingerprint density at radius 2 is 1.82 bits per heavy atom. The number of fused-ring (bicyclic) bond motifs is 1. The summed E-state index contributed by atoms with van der Waals surface area (Å²) in [5, 5.41) is 0.505. The Morgan fingerprint density at radius 1 is 1.07 bits per heavy atom. The van der Waals surface area contributed by atoms with Crippen molar-refractivity contribution >= 4 is 35.0 Å². The second-order valence-corrected chi connectivity index (χ2v) is 11.8. The van der Waals surface area contributed by atoms with Gasteiger partial charge in [-0.2, -0.15) is 0 Å². The molecule has 0 saturated carbocycles. The molecule has 8 nitrogen and oxygen atoms in total. The fourth-order valence-corrected chi connectivity index (χ4v) is 6.17. The van der Waals surface area contributed by atoms with Crippen LogP contribution in [-0.4, -0.2) is 30.4 Å². The van der Waals surface area contributed by atoms with Gasteiger partial charge in [0.05, 0.1) is 41.7 Å². The molecule has 4 aromatic rings. The first-order chi connectivity index (χ1) is 21.2. The van der Waals surface area contributed by atoms with Crippen LogP contribution >= 0.6 is 22.9 Å². The molecule has 1 aromatic heterocycles. The van der Waals surface area contributed by atoms with Gasteiger partial charge in [-0.15, -0.1) is 0 Å². The van der Waals surface area contributed by atoms with E-state index in [1.165, 1.54) is 15.9 Å². The number of benzene rings is 3. The number of carbonyl (C=O) groups excluding carboxylic acids is 1. The Morgan fingerprint density at radius 3 is 2.52 bits per heavy atom. The third-order valence-electron chi connectivity index (χ3n) is 6.88. The molecule has 10 heteroatoms. The predicted molar refractivity (Wildman–Crippen MR) is 171 cm³/mol. The summed E-state index contributed by atoms with van der Waals surface area (Å²) < 4.78 is 25.0. The fourth-order valence-electron chi connectivity index (χ4n) is 4.95. The van der Waals surface area contributed by atoms with Crippen molar-refractivity contribution in [2.45, 2.75) is 46.4 Å². The van der Waals surface area contributed by atoms with Crippen molar-refractivity contribution in [1.29, 1.82) is 0 Å². The van der Waals surface area contributed by atoms with E-state index < -0.39 is 12.0 Å². The lowest BCUT2D eigenvalue weighted by Gasteiger charge is -2.25. The average Bonchev–Trinajstić information content (AvgIpc) is 3.30. The van der Waals surface area contributed by atoms with Crippen molar-refractivity contribution in [2.24, 2.45) is 4.99 Å². The van der Waals surface area contributed by atoms with Crippen LogP contribution in [0.25, 0.3) is 6.08 Å². The SMILES string of the molecule is CCOC(=O)C1=C(C)N=c2s/c(=C/c3cc(Cl)ccc3OCc3ccccc3)c(=O)n2[C@@H]1c1ccc(OC(C)C)c(OC)c1. The highest BCUT2D eigenvalue weighted by Gasteiger charge is 2.34. The number of ether oxygens (including phenoxy) is 4. The van der Waals surface area contributed by atoms with E-state index in [0.29, 0.717) is 55.0 Å². The molecule has 1 aliphatic heterocycles. The summed E-state index contributed by atoms with van der Waals surface area (Å²) in [6.07, 6.45) is 1.68. The minimum Gasteiger partial charge on any atom is -0.493 e. The van der Waals surface area contributed by atoms with Crippen LogP contribution in [0.4, 0.5) is 0 Å². The number of esters is 1. The minimum absolute atomic E-state index is 0.0716. The molecule has 0 bridgehead atoms. The molecule has 0 fully saturated rings. The van der Waals surface area contributed by atoms with Crippen molar-refractivity contribution in [1.82, 2.24) is 4.57 Å². The Balaban J connectivity index is 1.64. The van der Waals surface area contributed by atoms with Gasteiger partial charge in [0, 0.05) is 10.6 Å². The zero-order valence-corrected chi connectivity index (χ0v) is 26.7. The van der Waals surface area contributed by atoms with Gasteiger partial charge in [-0.1, -0.05) is 59.3 Å². The highest BCUT2D eigenvalue weighted by molar-refractivity contribution is 7.07. The van der Waals surface area contributed by atoms with Gasteiger partial charge in [-0.25, -0.2) is 9.79 Å². The average molecular weight is 633 g/mol. The van der Waals surface area contributed by atoms with E-state index in [9.17, 15) is 9.59 Å². The molecule has 0 unspecified atom stereocenters. The van der Waals surface area contributed by atoms with Gasteiger partial charge in [0.15, 0.2) is 16.3 Å². The van der Waals surface area contributed by atoms with Crippen molar-refractivity contribution < 1.29 is 23.7 Å². The summed E-state index contributed by atoms with van der Waals surface area (Å²) in [6, 6.07) is 19.7. The number of halogens is 1. The lowest BCUT2D eigenvalue weighted by atomic mass is 9.95. The molecule has 1 aliphatic rings. The van der Waals surface area contributed by atoms with E-state index in [2.05, 4.69) is 4.99 Å². The standard InChI is InChI=1S/C34H33ClN2O6S/c1-6-41-33(39)30-21(4)36-34-37(31(30)23-12-14-27(43-20(2)3)28(17-23)40-5)32(38)29(44-34)18-24-16-25(35)13-15-26(24)42-19-22-10-8-7-9-11-22/h7-18,20,31H,6,19H2,1-5H3/b29-18+/t31-/m1/s1. The molecule has 2 heterocycles. The molecule has 0 radical (unpaired) electrons. The number of hydrogen-bond donors (Lipinski definition) is 0. The third kappa shape index (κ3) is 6.59. The van der Waals surface area contributed by atoms with Crippen LogP contribution in [0.15, 0.2) is 87.8 Å². The van der Waals surface area contributed by atoms with Crippen LogP contribution in [0.5, 0.6) is 17.2 Å². The highest BCUT2D eigenvalue weighted by atomic mass is 35.5. The molecule has 3 aromatic carbocycles. The van der Waals surface area contributed by atoms with Crippen molar-refractivity contribution in [3.63, 3.8) is 0 Å². The Bertz CT molecular complexity index is 1890. The monoisotopic (exact) mass is 632 g/mol. The molecule has 5 rings (SSSR count). The summed E-state index contributed by atoms with van der Waals surface area (Å²) >= 11 is 7.59. The number of nitrogens with zero attached hydrogens (tertiary/aromatic N) is 2. The minimum atomic E-state index is -0.803. The maximum atomic E-state index is 14.2. The topological polar surface area (TPSA) is 88.4 Å². The molecule has 0 spiro atoms. The van der Waals surface area contributed by atoms with Crippen LogP contribution in [0.1, 0.15) is 50.4 Å². The largest absolute Gasteiger partial charge is 0.493 e. The Labute approximate surface area is 264 Å². The first-order valence-corrected chi connectivity index (χ1v) is 15.4. The number of hydrogen-bond acceptors (Lipinski definition) is 8. The first kappa shape index (κ1) is 31.1. The summed E-state index contributed by atoms with van der Waals surface area (Å²) in [6.45, 7) is 7.86. The first-order valence-electron chi connectivity index (χ1n) is 14.2. The van der Waals surface area contributed by atoms with E-state index in [1.807, 2.05) is 50.2 Å². The second-order valence-electron chi connectivity index (χ2n) is 10.3.